The number of carbonyl (C=O) groups is 3. The number of halogens is 1. The van der Waals surface area contributed by atoms with Crippen LogP contribution >= 0.6 is 11.8 Å². The fraction of sp³-hybridized carbons (Fsp3) is 0.318. The normalized spacial score (nSPS) is 15.0. The highest BCUT2D eigenvalue weighted by molar-refractivity contribution is 7.98. The van der Waals surface area contributed by atoms with E-state index >= 15 is 0 Å². The predicted molar refractivity (Wildman–Crippen MR) is 113 cm³/mol. The van der Waals surface area contributed by atoms with Crippen molar-refractivity contribution in [1.29, 1.82) is 0 Å². The standard InChI is InChI=1S/C22H23FN2O4S/c1-13(14-8-9-19(29-2)17(23)12-14)24-20(26)18(10-11-30-3)25-21(27)15-6-4-5-7-16(15)22(25)28/h4-9,12-13,18H,10-11H2,1-3H3,(H,24,26)/t13-,18-/m1/s1. The fourth-order valence-electron chi connectivity index (χ4n) is 3.44. The van der Waals surface area contributed by atoms with Crippen LogP contribution in [0.4, 0.5) is 4.39 Å². The minimum Gasteiger partial charge on any atom is -0.494 e. The van der Waals surface area contributed by atoms with Crippen molar-refractivity contribution in [1.82, 2.24) is 10.2 Å². The zero-order valence-corrected chi connectivity index (χ0v) is 17.8. The van der Waals surface area contributed by atoms with Gasteiger partial charge in [0, 0.05) is 0 Å². The van der Waals surface area contributed by atoms with Crippen molar-refractivity contribution in [3.63, 3.8) is 0 Å². The molecule has 8 heteroatoms. The van der Waals surface area contributed by atoms with Gasteiger partial charge in [0.2, 0.25) is 5.91 Å². The minimum atomic E-state index is -0.949. The topological polar surface area (TPSA) is 75.7 Å². The van der Waals surface area contributed by atoms with Crippen molar-refractivity contribution >= 4 is 29.5 Å². The number of carbonyl (C=O) groups excluding carboxylic acids is 3. The quantitative estimate of drug-likeness (QED) is 0.650. The number of benzene rings is 2. The third-order valence-corrected chi connectivity index (χ3v) is 5.71. The first-order valence-electron chi connectivity index (χ1n) is 9.48. The Morgan fingerprint density at radius 3 is 2.33 bits per heavy atom. The molecule has 0 bridgehead atoms. The number of nitrogens with one attached hydrogen (secondary N) is 1. The van der Waals surface area contributed by atoms with Gasteiger partial charge in [-0.1, -0.05) is 18.2 Å². The van der Waals surface area contributed by atoms with Crippen molar-refractivity contribution in [3.05, 3.63) is 65.0 Å². The van der Waals surface area contributed by atoms with Gasteiger partial charge < -0.3 is 10.1 Å². The van der Waals surface area contributed by atoms with E-state index in [1.165, 1.54) is 31.0 Å². The Balaban J connectivity index is 1.82. The van der Waals surface area contributed by atoms with Gasteiger partial charge in [-0.15, -0.1) is 0 Å². The molecule has 158 valence electrons. The molecule has 0 unspecified atom stereocenters. The zero-order chi connectivity index (χ0) is 21.8. The molecule has 1 aliphatic rings. The Kier molecular flexibility index (Phi) is 6.77. The third-order valence-electron chi connectivity index (χ3n) is 5.07. The Hall–Kier alpha value is -2.87. The monoisotopic (exact) mass is 430 g/mol. The van der Waals surface area contributed by atoms with Crippen LogP contribution in [0.2, 0.25) is 0 Å². The number of imide groups is 1. The van der Waals surface area contributed by atoms with E-state index in [0.29, 0.717) is 28.9 Å². The van der Waals surface area contributed by atoms with Crippen LogP contribution in [-0.4, -0.2) is 47.8 Å². The number of thioether (sulfide) groups is 1. The first-order valence-corrected chi connectivity index (χ1v) is 10.9. The summed E-state index contributed by atoms with van der Waals surface area (Å²) in [7, 11) is 1.38. The number of hydrogen-bond acceptors (Lipinski definition) is 5. The maximum Gasteiger partial charge on any atom is 0.262 e. The molecule has 0 fully saturated rings. The van der Waals surface area contributed by atoms with E-state index in [2.05, 4.69) is 5.32 Å². The van der Waals surface area contributed by atoms with Crippen molar-refractivity contribution in [2.24, 2.45) is 0 Å². The molecule has 0 saturated heterocycles. The summed E-state index contributed by atoms with van der Waals surface area (Å²) in [5, 5.41) is 2.81. The van der Waals surface area contributed by atoms with Crippen molar-refractivity contribution in [2.45, 2.75) is 25.4 Å². The first kappa shape index (κ1) is 21.8. The van der Waals surface area contributed by atoms with E-state index in [-0.39, 0.29) is 5.75 Å². The van der Waals surface area contributed by atoms with Crippen LogP contribution < -0.4 is 10.1 Å². The average molecular weight is 431 g/mol. The Bertz CT molecular complexity index is 946. The number of methoxy groups -OCH3 is 1. The van der Waals surface area contributed by atoms with Crippen LogP contribution in [0.5, 0.6) is 5.75 Å². The van der Waals surface area contributed by atoms with Gasteiger partial charge in [-0.3, -0.25) is 19.3 Å². The lowest BCUT2D eigenvalue weighted by Gasteiger charge is -2.27. The molecule has 0 spiro atoms. The second-order valence-corrected chi connectivity index (χ2v) is 7.93. The Morgan fingerprint density at radius 2 is 1.80 bits per heavy atom. The number of hydrogen-bond donors (Lipinski definition) is 1. The lowest BCUT2D eigenvalue weighted by atomic mass is 10.1. The van der Waals surface area contributed by atoms with Gasteiger partial charge in [-0.25, -0.2) is 4.39 Å². The molecule has 3 rings (SSSR count). The summed E-state index contributed by atoms with van der Waals surface area (Å²) in [6.45, 7) is 1.72. The van der Waals surface area contributed by atoms with Crippen molar-refractivity contribution in [3.8, 4) is 5.75 Å². The van der Waals surface area contributed by atoms with Crippen LogP contribution in [0, 0.1) is 5.82 Å². The smallest absolute Gasteiger partial charge is 0.262 e. The SMILES string of the molecule is COc1ccc([C@@H](C)NC(=O)[C@@H](CCSC)N2C(=O)c3ccccc3C2=O)cc1F. The molecular weight excluding hydrogens is 407 g/mol. The summed E-state index contributed by atoms with van der Waals surface area (Å²) >= 11 is 1.52. The lowest BCUT2D eigenvalue weighted by molar-refractivity contribution is -0.125. The number of ether oxygens (including phenoxy) is 1. The van der Waals surface area contributed by atoms with E-state index in [0.717, 1.165) is 4.90 Å². The summed E-state index contributed by atoms with van der Waals surface area (Å²) in [6.07, 6.45) is 2.21. The Morgan fingerprint density at radius 1 is 1.17 bits per heavy atom. The van der Waals surface area contributed by atoms with E-state index in [9.17, 15) is 18.8 Å². The van der Waals surface area contributed by atoms with Gasteiger partial charge in [0.25, 0.3) is 11.8 Å². The largest absolute Gasteiger partial charge is 0.494 e. The van der Waals surface area contributed by atoms with Crippen LogP contribution in [0.3, 0.4) is 0 Å². The van der Waals surface area contributed by atoms with E-state index < -0.39 is 35.6 Å². The average Bonchev–Trinajstić information content (AvgIpc) is 2.99. The highest BCUT2D eigenvalue weighted by Crippen LogP contribution is 2.27. The minimum absolute atomic E-state index is 0.112. The molecule has 0 aromatic heterocycles. The van der Waals surface area contributed by atoms with Crippen molar-refractivity contribution < 1.29 is 23.5 Å². The number of nitrogens with zero attached hydrogens (tertiary/aromatic N) is 1. The highest BCUT2D eigenvalue weighted by Gasteiger charge is 2.42. The summed E-state index contributed by atoms with van der Waals surface area (Å²) in [6, 6.07) is 9.51. The van der Waals surface area contributed by atoms with Crippen LogP contribution in [0.15, 0.2) is 42.5 Å². The molecule has 1 N–H and O–H groups in total. The van der Waals surface area contributed by atoms with Crippen LogP contribution in [0.25, 0.3) is 0 Å². The fourth-order valence-corrected chi connectivity index (χ4v) is 3.90. The molecule has 30 heavy (non-hydrogen) atoms. The van der Waals surface area contributed by atoms with Crippen molar-refractivity contribution in [2.75, 3.05) is 19.1 Å². The highest BCUT2D eigenvalue weighted by atomic mass is 32.2. The van der Waals surface area contributed by atoms with Gasteiger partial charge in [0.1, 0.15) is 6.04 Å². The first-order chi connectivity index (χ1) is 14.4. The number of amides is 3. The van der Waals surface area contributed by atoms with Gasteiger partial charge in [0.15, 0.2) is 11.6 Å². The van der Waals surface area contributed by atoms with Crippen LogP contribution in [0.1, 0.15) is 45.7 Å². The summed E-state index contributed by atoms with van der Waals surface area (Å²) in [5.41, 5.74) is 1.15. The molecule has 2 aromatic rings. The number of rotatable bonds is 8. The molecule has 0 aliphatic carbocycles. The molecule has 3 amide bonds. The van der Waals surface area contributed by atoms with Crippen LogP contribution in [-0.2, 0) is 4.79 Å². The maximum absolute atomic E-state index is 14.0. The molecule has 0 radical (unpaired) electrons. The van der Waals surface area contributed by atoms with E-state index in [4.69, 9.17) is 4.74 Å². The molecule has 1 aliphatic heterocycles. The molecular formula is C22H23FN2O4S. The van der Waals surface area contributed by atoms with Gasteiger partial charge >= 0.3 is 0 Å². The Labute approximate surface area is 178 Å². The van der Waals surface area contributed by atoms with Gasteiger partial charge in [0.05, 0.1) is 24.3 Å². The molecule has 2 atom stereocenters. The molecule has 1 heterocycles. The van der Waals surface area contributed by atoms with E-state index in [1.807, 2.05) is 6.26 Å². The third kappa shape index (κ3) is 4.18. The second-order valence-electron chi connectivity index (χ2n) is 6.95. The molecule has 2 aromatic carbocycles. The maximum atomic E-state index is 14.0. The summed E-state index contributed by atoms with van der Waals surface area (Å²) in [5.74, 6) is -1.23. The van der Waals surface area contributed by atoms with Gasteiger partial charge in [-0.05, 0) is 55.2 Å². The predicted octanol–water partition coefficient (Wildman–Crippen LogP) is 3.43. The van der Waals surface area contributed by atoms with Gasteiger partial charge in [-0.2, -0.15) is 11.8 Å². The lowest BCUT2D eigenvalue weighted by Crippen LogP contribution is -2.50. The van der Waals surface area contributed by atoms with E-state index in [1.54, 1.807) is 37.3 Å². The summed E-state index contributed by atoms with van der Waals surface area (Å²) in [4.78, 5) is 39.8. The molecule has 6 nitrogen and oxygen atoms in total. The summed E-state index contributed by atoms with van der Waals surface area (Å²) < 4.78 is 19.0. The molecule has 0 saturated carbocycles. The second kappa shape index (κ2) is 9.30. The zero-order valence-electron chi connectivity index (χ0n) is 17.0. The number of fused-ring (bicyclic) bond motifs is 1.